The van der Waals surface area contributed by atoms with Crippen LogP contribution in [-0.4, -0.2) is 20.4 Å². The van der Waals surface area contributed by atoms with E-state index in [0.717, 1.165) is 56.6 Å². The molecular weight excluding hydrogens is 384 g/mol. The fourth-order valence-electron chi connectivity index (χ4n) is 4.31. The van der Waals surface area contributed by atoms with Crippen molar-refractivity contribution in [3.8, 4) is 0 Å². The van der Waals surface area contributed by atoms with Crippen molar-refractivity contribution in [3.63, 3.8) is 0 Å². The number of nitrogens with zero attached hydrogens (tertiary/aromatic N) is 3. The number of hydrogen-bond donors (Lipinski definition) is 1. The van der Waals surface area contributed by atoms with Gasteiger partial charge in [-0.05, 0) is 56.7 Å². The van der Waals surface area contributed by atoms with Gasteiger partial charge in [-0.15, -0.1) is 11.3 Å². The van der Waals surface area contributed by atoms with Crippen molar-refractivity contribution >= 4 is 33.3 Å². The minimum absolute atomic E-state index is 0.00234. The number of carbonyl (C=O) groups is 1. The highest BCUT2D eigenvalue weighted by Crippen LogP contribution is 2.29. The largest absolute Gasteiger partial charge is 0.298 e. The molecule has 0 atom stereocenters. The maximum atomic E-state index is 12.9. The Balaban J connectivity index is 1.44. The van der Waals surface area contributed by atoms with Crippen molar-refractivity contribution in [2.45, 2.75) is 64.3 Å². The number of hydrogen-bond acceptors (Lipinski definition) is 5. The molecule has 7 heteroatoms. The molecule has 0 unspecified atom stereocenters. The molecule has 0 bridgehead atoms. The van der Waals surface area contributed by atoms with E-state index in [1.54, 1.807) is 34.1 Å². The van der Waals surface area contributed by atoms with E-state index >= 15 is 0 Å². The molecule has 3 aromatic rings. The predicted octanol–water partition coefficient (Wildman–Crippen LogP) is 4.10. The van der Waals surface area contributed by atoms with Crippen LogP contribution in [0, 0.1) is 0 Å². The average molecular weight is 409 g/mol. The van der Waals surface area contributed by atoms with Crippen molar-refractivity contribution in [1.82, 2.24) is 14.5 Å². The Kier molecular flexibility index (Phi) is 4.91. The van der Waals surface area contributed by atoms with Gasteiger partial charge in [-0.2, -0.15) is 0 Å². The Bertz CT molecular complexity index is 1120. The second-order valence-corrected chi connectivity index (χ2v) is 9.01. The van der Waals surface area contributed by atoms with Crippen LogP contribution in [0.4, 0.5) is 5.13 Å². The number of rotatable bonds is 2. The highest BCUT2D eigenvalue weighted by atomic mass is 32.1. The number of fused-ring (bicyclic) bond motifs is 3. The molecule has 0 radical (unpaired) electrons. The van der Waals surface area contributed by atoms with Crippen molar-refractivity contribution in [3.05, 3.63) is 50.5 Å². The van der Waals surface area contributed by atoms with Crippen LogP contribution in [0.2, 0.25) is 0 Å². The lowest BCUT2D eigenvalue weighted by Crippen LogP contribution is -2.24. The molecule has 1 N–H and O–H groups in total. The first kappa shape index (κ1) is 18.5. The lowest BCUT2D eigenvalue weighted by molar-refractivity contribution is 0.102. The van der Waals surface area contributed by atoms with Gasteiger partial charge >= 0.3 is 0 Å². The van der Waals surface area contributed by atoms with Crippen LogP contribution in [0.3, 0.4) is 0 Å². The van der Waals surface area contributed by atoms with Crippen LogP contribution in [0.5, 0.6) is 0 Å². The molecule has 0 saturated heterocycles. The predicted molar refractivity (Wildman–Crippen MR) is 115 cm³/mol. The molecule has 1 aliphatic heterocycles. The van der Waals surface area contributed by atoms with Crippen LogP contribution in [0.25, 0.3) is 10.9 Å². The Morgan fingerprint density at radius 3 is 2.76 bits per heavy atom. The number of aryl methyl sites for hydroxylation is 3. The normalized spacial score (nSPS) is 16.6. The quantitative estimate of drug-likeness (QED) is 0.648. The lowest BCUT2D eigenvalue weighted by atomic mass is 10.1. The summed E-state index contributed by atoms with van der Waals surface area (Å²) in [6, 6.07) is 5.17. The zero-order chi connectivity index (χ0) is 19.8. The van der Waals surface area contributed by atoms with Crippen LogP contribution >= 0.6 is 11.3 Å². The molecule has 5 rings (SSSR count). The minimum atomic E-state index is -0.201. The van der Waals surface area contributed by atoms with E-state index in [9.17, 15) is 9.59 Å². The summed E-state index contributed by atoms with van der Waals surface area (Å²) in [6.45, 7) is 0.730. The zero-order valence-electron chi connectivity index (χ0n) is 16.4. The first-order valence-corrected chi connectivity index (χ1v) is 11.3. The van der Waals surface area contributed by atoms with Gasteiger partial charge in [0.2, 0.25) is 0 Å². The van der Waals surface area contributed by atoms with Gasteiger partial charge in [-0.3, -0.25) is 19.5 Å². The minimum Gasteiger partial charge on any atom is -0.298 e. The number of benzene rings is 1. The van der Waals surface area contributed by atoms with Gasteiger partial charge in [-0.25, -0.2) is 9.97 Å². The van der Waals surface area contributed by atoms with E-state index in [0.29, 0.717) is 21.6 Å². The molecule has 0 spiro atoms. The molecule has 1 aliphatic carbocycles. The molecule has 0 fully saturated rings. The van der Waals surface area contributed by atoms with E-state index in [2.05, 4.69) is 10.3 Å². The maximum absolute atomic E-state index is 12.9. The van der Waals surface area contributed by atoms with E-state index in [4.69, 9.17) is 4.98 Å². The molecular formula is C22H24N4O2S. The van der Waals surface area contributed by atoms with Gasteiger partial charge in [0.1, 0.15) is 5.82 Å². The average Bonchev–Trinajstić information content (AvgIpc) is 2.89. The van der Waals surface area contributed by atoms with E-state index in [1.807, 2.05) is 0 Å². The van der Waals surface area contributed by atoms with Crippen molar-refractivity contribution < 1.29 is 4.79 Å². The Hall–Kier alpha value is -2.54. The summed E-state index contributed by atoms with van der Waals surface area (Å²) in [4.78, 5) is 36.3. The summed E-state index contributed by atoms with van der Waals surface area (Å²) in [5.41, 5.74) is 2.25. The number of nitrogens with one attached hydrogen (secondary N) is 1. The van der Waals surface area contributed by atoms with Crippen molar-refractivity contribution in [2.75, 3.05) is 5.32 Å². The number of anilines is 1. The summed E-state index contributed by atoms with van der Waals surface area (Å²) in [5.74, 6) is 0.633. The standard InChI is InChI=1S/C22H24N4O2S/c27-20(25-22-24-16-7-3-1-4-8-18(16)29-22)14-10-11-15-17(13-14)23-19-9-5-2-6-12-26(19)21(15)28/h10-11,13H,1-9,12H2,(H,24,25,27). The number of carbonyl (C=O) groups excluding carboxylic acids is 1. The Morgan fingerprint density at radius 2 is 1.83 bits per heavy atom. The molecule has 1 amide bonds. The fourth-order valence-corrected chi connectivity index (χ4v) is 5.36. The molecule has 29 heavy (non-hydrogen) atoms. The van der Waals surface area contributed by atoms with E-state index < -0.39 is 0 Å². The van der Waals surface area contributed by atoms with Gasteiger partial charge < -0.3 is 0 Å². The molecule has 2 aliphatic rings. The Labute approximate surface area is 173 Å². The van der Waals surface area contributed by atoms with Crippen LogP contribution < -0.4 is 10.9 Å². The lowest BCUT2D eigenvalue weighted by Gasteiger charge is -2.10. The smallest absolute Gasteiger partial charge is 0.261 e. The molecule has 3 heterocycles. The van der Waals surface area contributed by atoms with E-state index in [-0.39, 0.29) is 11.5 Å². The first-order chi connectivity index (χ1) is 14.2. The molecule has 1 aromatic carbocycles. The fraction of sp³-hybridized carbons (Fsp3) is 0.455. The summed E-state index contributed by atoms with van der Waals surface area (Å²) >= 11 is 1.59. The van der Waals surface area contributed by atoms with Gasteiger partial charge in [0, 0.05) is 23.4 Å². The second-order valence-electron chi connectivity index (χ2n) is 7.93. The second kappa shape index (κ2) is 7.71. The maximum Gasteiger partial charge on any atom is 0.261 e. The molecule has 2 aromatic heterocycles. The third kappa shape index (κ3) is 3.59. The summed E-state index contributed by atoms with van der Waals surface area (Å²) < 4.78 is 1.80. The number of aromatic nitrogens is 3. The number of amides is 1. The van der Waals surface area contributed by atoms with E-state index in [1.165, 1.54) is 24.1 Å². The monoisotopic (exact) mass is 408 g/mol. The highest BCUT2D eigenvalue weighted by molar-refractivity contribution is 7.15. The van der Waals surface area contributed by atoms with Gasteiger partial charge in [0.05, 0.1) is 16.6 Å². The van der Waals surface area contributed by atoms with Crippen LogP contribution in [-0.2, 0) is 25.8 Å². The van der Waals surface area contributed by atoms with Gasteiger partial charge in [0.25, 0.3) is 11.5 Å². The van der Waals surface area contributed by atoms with Crippen LogP contribution in [0.1, 0.15) is 65.3 Å². The highest BCUT2D eigenvalue weighted by Gasteiger charge is 2.18. The molecule has 150 valence electrons. The SMILES string of the molecule is O=C(Nc1nc2c(s1)CCCCC2)c1ccc2c(=O)n3c(nc2c1)CCCCC3. The first-order valence-electron chi connectivity index (χ1n) is 10.5. The zero-order valence-corrected chi connectivity index (χ0v) is 17.2. The third-order valence-electron chi connectivity index (χ3n) is 5.89. The summed E-state index contributed by atoms with van der Waals surface area (Å²) in [7, 11) is 0. The van der Waals surface area contributed by atoms with Gasteiger partial charge in [0.15, 0.2) is 5.13 Å². The number of thiazole rings is 1. The third-order valence-corrected chi connectivity index (χ3v) is 6.97. The Morgan fingerprint density at radius 1 is 1.00 bits per heavy atom. The summed E-state index contributed by atoms with van der Waals surface area (Å²) in [5, 5.41) is 4.19. The topological polar surface area (TPSA) is 76.9 Å². The molecule has 6 nitrogen and oxygen atoms in total. The van der Waals surface area contributed by atoms with Crippen molar-refractivity contribution in [2.24, 2.45) is 0 Å². The van der Waals surface area contributed by atoms with Gasteiger partial charge in [-0.1, -0.05) is 12.8 Å². The molecule has 0 saturated carbocycles. The summed E-state index contributed by atoms with van der Waals surface area (Å²) in [6.07, 6.45) is 9.65. The van der Waals surface area contributed by atoms with Crippen LogP contribution in [0.15, 0.2) is 23.0 Å². The van der Waals surface area contributed by atoms with Crippen molar-refractivity contribution in [1.29, 1.82) is 0 Å².